The molecule has 0 radical (unpaired) electrons. The van der Waals surface area contributed by atoms with Crippen LogP contribution in [-0.2, 0) is 6.54 Å². The summed E-state index contributed by atoms with van der Waals surface area (Å²) in [7, 11) is 0. The molecule has 2 heterocycles. The van der Waals surface area contributed by atoms with Crippen LogP contribution in [0.3, 0.4) is 0 Å². The van der Waals surface area contributed by atoms with Gasteiger partial charge in [-0.25, -0.2) is 4.39 Å². The van der Waals surface area contributed by atoms with E-state index in [1.807, 2.05) is 6.92 Å². The highest BCUT2D eigenvalue weighted by Crippen LogP contribution is 2.22. The van der Waals surface area contributed by atoms with E-state index in [2.05, 4.69) is 27.3 Å². The molecular formula is C15H19FN4O. The van der Waals surface area contributed by atoms with Gasteiger partial charge in [-0.15, -0.1) is 0 Å². The van der Waals surface area contributed by atoms with Crippen LogP contribution in [-0.4, -0.2) is 40.7 Å². The molecule has 5 nitrogen and oxygen atoms in total. The van der Waals surface area contributed by atoms with Gasteiger partial charge in [0, 0.05) is 25.7 Å². The molecule has 0 aliphatic carbocycles. The molecule has 112 valence electrons. The van der Waals surface area contributed by atoms with Crippen molar-refractivity contribution in [1.82, 2.24) is 20.4 Å². The monoisotopic (exact) mass is 290 g/mol. The quantitative estimate of drug-likeness (QED) is 0.936. The van der Waals surface area contributed by atoms with Crippen molar-refractivity contribution < 1.29 is 8.91 Å². The lowest BCUT2D eigenvalue weighted by molar-refractivity contribution is 0.160. The smallest absolute Gasteiger partial charge is 0.260 e. The molecule has 6 heteroatoms. The molecule has 1 aromatic carbocycles. The zero-order chi connectivity index (χ0) is 14.8. The minimum absolute atomic E-state index is 0.244. The number of nitrogens with one attached hydrogen (secondary N) is 1. The number of rotatable bonds is 3. The molecule has 1 aromatic heterocycles. The molecule has 0 spiro atoms. The molecule has 0 saturated carbocycles. The van der Waals surface area contributed by atoms with Crippen molar-refractivity contribution in [2.75, 3.05) is 19.6 Å². The highest BCUT2D eigenvalue weighted by Gasteiger charge is 2.21. The van der Waals surface area contributed by atoms with Crippen LogP contribution in [0.4, 0.5) is 4.39 Å². The van der Waals surface area contributed by atoms with Gasteiger partial charge in [0.25, 0.3) is 5.89 Å². The van der Waals surface area contributed by atoms with Crippen LogP contribution in [0.1, 0.15) is 18.3 Å². The summed E-state index contributed by atoms with van der Waals surface area (Å²) in [5, 5.41) is 7.32. The minimum atomic E-state index is -0.341. The molecule has 0 bridgehead atoms. The summed E-state index contributed by atoms with van der Waals surface area (Å²) in [4.78, 5) is 6.62. The topological polar surface area (TPSA) is 54.2 Å². The van der Waals surface area contributed by atoms with E-state index >= 15 is 0 Å². The average molecular weight is 290 g/mol. The van der Waals surface area contributed by atoms with Crippen LogP contribution < -0.4 is 5.32 Å². The van der Waals surface area contributed by atoms with Gasteiger partial charge in [-0.05, 0) is 26.0 Å². The van der Waals surface area contributed by atoms with Crippen LogP contribution >= 0.6 is 0 Å². The highest BCUT2D eigenvalue weighted by molar-refractivity contribution is 5.55. The fourth-order valence-electron chi connectivity index (χ4n) is 2.53. The summed E-state index contributed by atoms with van der Waals surface area (Å²) in [6.07, 6.45) is 0. The number of aromatic nitrogens is 2. The highest BCUT2D eigenvalue weighted by atomic mass is 19.1. The molecule has 1 N–H and O–H groups in total. The van der Waals surface area contributed by atoms with Gasteiger partial charge in [0.15, 0.2) is 5.82 Å². The Morgan fingerprint density at radius 1 is 1.48 bits per heavy atom. The Morgan fingerprint density at radius 2 is 2.33 bits per heavy atom. The number of hydrogen-bond donors (Lipinski definition) is 1. The van der Waals surface area contributed by atoms with Crippen LogP contribution in [0, 0.1) is 12.7 Å². The van der Waals surface area contributed by atoms with E-state index in [4.69, 9.17) is 4.52 Å². The Hall–Kier alpha value is -1.79. The Bertz CT molecular complexity index is 628. The van der Waals surface area contributed by atoms with Crippen molar-refractivity contribution >= 4 is 0 Å². The SMILES string of the molecule is Cc1ccc(F)c(-c2nc(CN3CCNC[C@H]3C)no2)c1. The summed E-state index contributed by atoms with van der Waals surface area (Å²) in [5.74, 6) is 0.500. The van der Waals surface area contributed by atoms with Crippen molar-refractivity contribution in [3.63, 3.8) is 0 Å². The third kappa shape index (κ3) is 3.11. The Balaban J connectivity index is 1.78. The van der Waals surface area contributed by atoms with Gasteiger partial charge in [-0.3, -0.25) is 4.90 Å². The van der Waals surface area contributed by atoms with Gasteiger partial charge in [-0.2, -0.15) is 4.98 Å². The lowest BCUT2D eigenvalue weighted by Crippen LogP contribution is -2.49. The predicted octanol–water partition coefficient (Wildman–Crippen LogP) is 1.98. The van der Waals surface area contributed by atoms with E-state index in [-0.39, 0.29) is 11.7 Å². The lowest BCUT2D eigenvalue weighted by atomic mass is 10.1. The number of halogens is 1. The summed E-state index contributed by atoms with van der Waals surface area (Å²) in [6, 6.07) is 5.29. The minimum Gasteiger partial charge on any atom is -0.334 e. The van der Waals surface area contributed by atoms with Gasteiger partial charge >= 0.3 is 0 Å². The molecule has 1 aliphatic rings. The molecular weight excluding hydrogens is 271 g/mol. The Labute approximate surface area is 123 Å². The predicted molar refractivity (Wildman–Crippen MR) is 77.2 cm³/mol. The maximum Gasteiger partial charge on any atom is 0.260 e. The second kappa shape index (κ2) is 5.91. The zero-order valence-corrected chi connectivity index (χ0v) is 12.3. The first-order valence-electron chi connectivity index (χ1n) is 7.17. The number of hydrogen-bond acceptors (Lipinski definition) is 5. The zero-order valence-electron chi connectivity index (χ0n) is 12.3. The molecule has 21 heavy (non-hydrogen) atoms. The summed E-state index contributed by atoms with van der Waals surface area (Å²) < 4.78 is 19.1. The second-order valence-electron chi connectivity index (χ2n) is 5.52. The Kier molecular flexibility index (Phi) is 3.98. The largest absolute Gasteiger partial charge is 0.334 e. The lowest BCUT2D eigenvalue weighted by Gasteiger charge is -2.32. The standard InChI is InChI=1S/C15H19FN4O/c1-10-3-4-13(16)12(7-10)15-18-14(19-21-15)9-20-6-5-17-8-11(20)2/h3-4,7,11,17H,5-6,8-9H2,1-2H3/t11-/m1/s1. The normalized spacial score (nSPS) is 19.9. The van der Waals surface area contributed by atoms with E-state index in [1.54, 1.807) is 12.1 Å². The number of piperazine rings is 1. The number of nitrogens with zero attached hydrogens (tertiary/aromatic N) is 3. The summed E-state index contributed by atoms with van der Waals surface area (Å²) >= 11 is 0. The van der Waals surface area contributed by atoms with Crippen molar-refractivity contribution in [2.24, 2.45) is 0 Å². The third-order valence-electron chi connectivity index (χ3n) is 3.80. The van der Waals surface area contributed by atoms with Gasteiger partial charge < -0.3 is 9.84 Å². The number of aryl methyl sites for hydroxylation is 1. The molecule has 3 rings (SSSR count). The fourth-order valence-corrected chi connectivity index (χ4v) is 2.53. The molecule has 0 amide bonds. The molecule has 2 aromatic rings. The Morgan fingerprint density at radius 3 is 3.14 bits per heavy atom. The molecule has 1 atom stereocenters. The molecule has 1 saturated heterocycles. The van der Waals surface area contributed by atoms with E-state index in [9.17, 15) is 4.39 Å². The first-order valence-corrected chi connectivity index (χ1v) is 7.17. The van der Waals surface area contributed by atoms with E-state index in [0.29, 0.717) is 24.0 Å². The van der Waals surface area contributed by atoms with Gasteiger partial charge in [0.05, 0.1) is 12.1 Å². The maximum atomic E-state index is 13.8. The first-order chi connectivity index (χ1) is 10.1. The molecule has 0 unspecified atom stereocenters. The van der Waals surface area contributed by atoms with E-state index < -0.39 is 0 Å². The van der Waals surface area contributed by atoms with Crippen LogP contribution in [0.5, 0.6) is 0 Å². The number of benzene rings is 1. The van der Waals surface area contributed by atoms with Gasteiger partial charge in [0.1, 0.15) is 5.82 Å². The summed E-state index contributed by atoms with van der Waals surface area (Å²) in [6.45, 7) is 7.55. The average Bonchev–Trinajstić information content (AvgIpc) is 2.92. The first kappa shape index (κ1) is 14.2. The van der Waals surface area contributed by atoms with Crippen LogP contribution in [0.15, 0.2) is 22.7 Å². The van der Waals surface area contributed by atoms with Crippen LogP contribution in [0.25, 0.3) is 11.5 Å². The summed E-state index contributed by atoms with van der Waals surface area (Å²) in [5.41, 5.74) is 1.32. The van der Waals surface area contributed by atoms with Crippen molar-refractivity contribution in [1.29, 1.82) is 0 Å². The van der Waals surface area contributed by atoms with Crippen molar-refractivity contribution in [3.8, 4) is 11.5 Å². The fraction of sp³-hybridized carbons (Fsp3) is 0.467. The van der Waals surface area contributed by atoms with Crippen molar-refractivity contribution in [3.05, 3.63) is 35.4 Å². The molecule has 1 aliphatic heterocycles. The van der Waals surface area contributed by atoms with Crippen molar-refractivity contribution in [2.45, 2.75) is 26.4 Å². The third-order valence-corrected chi connectivity index (χ3v) is 3.80. The maximum absolute atomic E-state index is 13.8. The molecule has 1 fully saturated rings. The van der Waals surface area contributed by atoms with E-state index in [1.165, 1.54) is 6.07 Å². The van der Waals surface area contributed by atoms with Gasteiger partial charge in [0.2, 0.25) is 0 Å². The van der Waals surface area contributed by atoms with E-state index in [0.717, 1.165) is 25.2 Å². The second-order valence-corrected chi connectivity index (χ2v) is 5.52. The van der Waals surface area contributed by atoms with Crippen LogP contribution in [0.2, 0.25) is 0 Å². The van der Waals surface area contributed by atoms with Gasteiger partial charge in [-0.1, -0.05) is 16.8 Å².